The van der Waals surface area contributed by atoms with Gasteiger partial charge in [0.2, 0.25) is 11.8 Å². The van der Waals surface area contributed by atoms with E-state index in [4.69, 9.17) is 4.74 Å². The molecule has 5 nitrogen and oxygen atoms in total. The Labute approximate surface area is 233 Å². The molecule has 1 atom stereocenters. The topological polar surface area (TPSA) is 58.6 Å². The molecule has 0 spiro atoms. The van der Waals surface area contributed by atoms with Crippen LogP contribution in [0.1, 0.15) is 30.5 Å². The van der Waals surface area contributed by atoms with Crippen molar-refractivity contribution in [3.8, 4) is 5.75 Å². The second-order valence-corrected chi connectivity index (χ2v) is 11.2. The molecule has 2 amide bonds. The van der Waals surface area contributed by atoms with Crippen LogP contribution >= 0.6 is 27.7 Å². The van der Waals surface area contributed by atoms with Crippen LogP contribution in [0.5, 0.6) is 5.75 Å². The van der Waals surface area contributed by atoms with Gasteiger partial charge in [-0.15, -0.1) is 11.8 Å². The van der Waals surface area contributed by atoms with E-state index in [1.807, 2.05) is 78.9 Å². The summed E-state index contributed by atoms with van der Waals surface area (Å²) < 4.78 is 6.20. The number of benzene rings is 3. The average molecular weight is 584 g/mol. The van der Waals surface area contributed by atoms with Crippen LogP contribution < -0.4 is 10.1 Å². The Hall–Kier alpha value is -2.77. The minimum atomic E-state index is -0.612. The summed E-state index contributed by atoms with van der Waals surface area (Å²) in [5, 5.41) is 3.07. The smallest absolute Gasteiger partial charge is 0.243 e. The van der Waals surface area contributed by atoms with Crippen molar-refractivity contribution in [1.82, 2.24) is 10.2 Å². The van der Waals surface area contributed by atoms with Gasteiger partial charge < -0.3 is 15.0 Å². The molecule has 3 aromatic carbocycles. The molecule has 0 unspecified atom stereocenters. The van der Waals surface area contributed by atoms with Crippen LogP contribution in [0.2, 0.25) is 0 Å². The summed E-state index contributed by atoms with van der Waals surface area (Å²) in [5.74, 6) is 1.93. The number of carbonyl (C=O) groups is 2. The third-order valence-corrected chi connectivity index (χ3v) is 7.39. The number of nitrogens with one attached hydrogen (secondary N) is 1. The normalized spacial score (nSPS) is 11.7. The van der Waals surface area contributed by atoms with Crippen molar-refractivity contribution in [3.05, 3.63) is 100 Å². The number of thioether (sulfide) groups is 1. The molecule has 0 saturated carbocycles. The van der Waals surface area contributed by atoms with Gasteiger partial charge >= 0.3 is 0 Å². The summed E-state index contributed by atoms with van der Waals surface area (Å²) in [7, 11) is 1.64. The zero-order chi connectivity index (χ0) is 26.6. The largest absolute Gasteiger partial charge is 0.497 e. The molecular weight excluding hydrogens is 548 g/mol. The fraction of sp³-hybridized carbons (Fsp3) is 0.333. The minimum absolute atomic E-state index is 0.0536. The molecule has 0 fully saturated rings. The Balaban J connectivity index is 1.81. The monoisotopic (exact) mass is 582 g/mol. The highest BCUT2D eigenvalue weighted by atomic mass is 79.9. The van der Waals surface area contributed by atoms with E-state index in [9.17, 15) is 9.59 Å². The molecule has 1 N–H and O–H groups in total. The van der Waals surface area contributed by atoms with Crippen molar-refractivity contribution in [3.63, 3.8) is 0 Å². The van der Waals surface area contributed by atoms with Gasteiger partial charge in [-0.1, -0.05) is 84.4 Å². The van der Waals surface area contributed by atoms with Crippen molar-refractivity contribution >= 4 is 39.5 Å². The predicted molar refractivity (Wildman–Crippen MR) is 156 cm³/mol. The summed E-state index contributed by atoms with van der Waals surface area (Å²) in [6, 6.07) is 25.0. The van der Waals surface area contributed by atoms with Crippen molar-refractivity contribution in [2.24, 2.45) is 5.92 Å². The van der Waals surface area contributed by atoms with Gasteiger partial charge in [-0.05, 0) is 46.9 Å². The van der Waals surface area contributed by atoms with Crippen LogP contribution in [-0.2, 0) is 28.3 Å². The average Bonchev–Trinajstić information content (AvgIpc) is 2.91. The first-order chi connectivity index (χ1) is 17.9. The van der Waals surface area contributed by atoms with Gasteiger partial charge in [0.1, 0.15) is 11.8 Å². The minimum Gasteiger partial charge on any atom is -0.497 e. The standard InChI is InChI=1S/C30H35BrN2O3S/c1-22(2)18-32-30(35)28(17-23-7-5-4-6-8-23)33(19-24-9-13-26(31)14-10-24)29(34)21-37-20-25-11-15-27(36-3)16-12-25/h4-16,22,28H,17-21H2,1-3H3,(H,32,35)/t28-/m0/s1. The molecule has 0 aliphatic carbocycles. The summed E-state index contributed by atoms with van der Waals surface area (Å²) in [6.45, 7) is 5.05. The first-order valence-electron chi connectivity index (χ1n) is 12.4. The molecule has 37 heavy (non-hydrogen) atoms. The van der Waals surface area contributed by atoms with Crippen molar-refractivity contribution in [2.45, 2.75) is 38.6 Å². The Morgan fingerprint density at radius 3 is 2.19 bits per heavy atom. The lowest BCUT2D eigenvalue weighted by Crippen LogP contribution is -2.51. The highest BCUT2D eigenvalue weighted by Crippen LogP contribution is 2.21. The zero-order valence-electron chi connectivity index (χ0n) is 21.7. The van der Waals surface area contributed by atoms with Gasteiger partial charge in [-0.3, -0.25) is 9.59 Å². The van der Waals surface area contributed by atoms with Crippen LogP contribution in [0.4, 0.5) is 0 Å². The number of hydrogen-bond acceptors (Lipinski definition) is 4. The van der Waals surface area contributed by atoms with Crippen LogP contribution in [0.25, 0.3) is 0 Å². The number of hydrogen-bond donors (Lipinski definition) is 1. The van der Waals surface area contributed by atoms with E-state index < -0.39 is 6.04 Å². The van der Waals surface area contributed by atoms with E-state index in [0.29, 0.717) is 31.2 Å². The van der Waals surface area contributed by atoms with Crippen LogP contribution in [0, 0.1) is 5.92 Å². The molecule has 7 heteroatoms. The molecule has 0 bridgehead atoms. The number of rotatable bonds is 13. The first-order valence-corrected chi connectivity index (χ1v) is 14.4. The highest BCUT2D eigenvalue weighted by molar-refractivity contribution is 9.10. The molecule has 0 aromatic heterocycles. The van der Waals surface area contributed by atoms with E-state index in [1.165, 1.54) is 0 Å². The number of methoxy groups -OCH3 is 1. The van der Waals surface area contributed by atoms with E-state index in [0.717, 1.165) is 26.9 Å². The lowest BCUT2D eigenvalue weighted by Gasteiger charge is -2.32. The van der Waals surface area contributed by atoms with Crippen molar-refractivity contribution < 1.29 is 14.3 Å². The Kier molecular flexibility index (Phi) is 11.5. The van der Waals surface area contributed by atoms with Gasteiger partial charge in [0, 0.05) is 29.7 Å². The Bertz CT molecular complexity index is 1120. The summed E-state index contributed by atoms with van der Waals surface area (Å²) in [4.78, 5) is 28.9. The van der Waals surface area contributed by atoms with Gasteiger partial charge in [0.05, 0.1) is 12.9 Å². The highest BCUT2D eigenvalue weighted by Gasteiger charge is 2.30. The fourth-order valence-electron chi connectivity index (χ4n) is 3.82. The number of amides is 2. The molecule has 3 rings (SSSR count). The summed E-state index contributed by atoms with van der Waals surface area (Å²) in [5.41, 5.74) is 3.12. The number of nitrogens with zero attached hydrogens (tertiary/aromatic N) is 1. The lowest BCUT2D eigenvalue weighted by atomic mass is 10.0. The lowest BCUT2D eigenvalue weighted by molar-refractivity contribution is -0.139. The molecule has 0 saturated heterocycles. The second kappa shape index (κ2) is 14.8. The molecule has 0 radical (unpaired) electrons. The Morgan fingerprint density at radius 2 is 1.57 bits per heavy atom. The maximum atomic E-state index is 13.7. The molecule has 0 aliphatic heterocycles. The van der Waals surface area contributed by atoms with Crippen molar-refractivity contribution in [1.29, 1.82) is 0 Å². The molecular formula is C30H35BrN2O3S. The number of carbonyl (C=O) groups excluding carboxylic acids is 2. The SMILES string of the molecule is COc1ccc(CSCC(=O)N(Cc2ccc(Br)cc2)[C@@H](Cc2ccccc2)C(=O)NCC(C)C)cc1. The maximum Gasteiger partial charge on any atom is 0.243 e. The van der Waals surface area contributed by atoms with Crippen molar-refractivity contribution in [2.75, 3.05) is 19.4 Å². The van der Waals surface area contributed by atoms with Gasteiger partial charge in [-0.2, -0.15) is 0 Å². The molecule has 196 valence electrons. The van der Waals surface area contributed by atoms with Crippen LogP contribution in [0.3, 0.4) is 0 Å². The second-order valence-electron chi connectivity index (χ2n) is 9.33. The first kappa shape index (κ1) is 28.8. The van der Waals surface area contributed by atoms with Crippen LogP contribution in [-0.4, -0.2) is 42.2 Å². The van der Waals surface area contributed by atoms with E-state index >= 15 is 0 Å². The fourth-order valence-corrected chi connectivity index (χ4v) is 4.96. The maximum absolute atomic E-state index is 13.7. The number of ether oxygens (including phenoxy) is 1. The molecule has 0 aliphatic rings. The number of halogens is 1. The van der Waals surface area contributed by atoms with E-state index in [1.54, 1.807) is 23.8 Å². The van der Waals surface area contributed by atoms with E-state index in [2.05, 4.69) is 35.1 Å². The molecule has 3 aromatic rings. The van der Waals surface area contributed by atoms with Gasteiger partial charge in [0.15, 0.2) is 0 Å². The molecule has 0 heterocycles. The van der Waals surface area contributed by atoms with Gasteiger partial charge in [0.25, 0.3) is 0 Å². The summed E-state index contributed by atoms with van der Waals surface area (Å²) >= 11 is 5.03. The van der Waals surface area contributed by atoms with E-state index in [-0.39, 0.29) is 17.6 Å². The quantitative estimate of drug-likeness (QED) is 0.264. The van der Waals surface area contributed by atoms with Gasteiger partial charge in [-0.25, -0.2) is 0 Å². The summed E-state index contributed by atoms with van der Waals surface area (Å²) in [6.07, 6.45) is 0.455. The van der Waals surface area contributed by atoms with Crippen LogP contribution in [0.15, 0.2) is 83.3 Å². The Morgan fingerprint density at radius 1 is 0.919 bits per heavy atom. The third kappa shape index (κ3) is 9.56. The zero-order valence-corrected chi connectivity index (χ0v) is 24.1. The predicted octanol–water partition coefficient (Wildman–Crippen LogP) is 6.10. The third-order valence-electron chi connectivity index (χ3n) is 5.88.